The van der Waals surface area contributed by atoms with Crippen LogP contribution in [0.4, 0.5) is 11.8 Å². The lowest BCUT2D eigenvalue weighted by molar-refractivity contribution is 0.213. The van der Waals surface area contributed by atoms with Gasteiger partial charge in [0, 0.05) is 37.8 Å². The van der Waals surface area contributed by atoms with Crippen molar-refractivity contribution in [1.82, 2.24) is 29.6 Å². The minimum atomic E-state index is 0.350. The van der Waals surface area contributed by atoms with Crippen LogP contribution in [0.5, 0.6) is 0 Å². The molecule has 2 aromatic heterocycles. The number of rotatable bonds is 4. The van der Waals surface area contributed by atoms with Gasteiger partial charge in [-0.2, -0.15) is 4.98 Å². The smallest absolute Gasteiger partial charge is 0.222 e. The van der Waals surface area contributed by atoms with Gasteiger partial charge in [0.25, 0.3) is 0 Å². The average molecular weight is 371 g/mol. The molecule has 2 fully saturated rings. The highest BCUT2D eigenvalue weighted by Gasteiger charge is 2.26. The fraction of sp³-hybridized carbons (Fsp3) is 0.684. The van der Waals surface area contributed by atoms with Gasteiger partial charge < -0.3 is 15.2 Å². The summed E-state index contributed by atoms with van der Waals surface area (Å²) in [5, 5.41) is 9.06. The van der Waals surface area contributed by atoms with Crippen LogP contribution < -0.4 is 10.6 Å². The Morgan fingerprint density at radius 3 is 2.48 bits per heavy atom. The van der Waals surface area contributed by atoms with Gasteiger partial charge >= 0.3 is 0 Å². The zero-order chi connectivity index (χ0) is 18.8. The highest BCUT2D eigenvalue weighted by Crippen LogP contribution is 2.29. The molecule has 2 N–H and O–H groups in total. The summed E-state index contributed by atoms with van der Waals surface area (Å²) in [5.41, 5.74) is 6.72. The Labute approximate surface area is 160 Å². The maximum absolute atomic E-state index is 5.81. The van der Waals surface area contributed by atoms with Gasteiger partial charge in [0.1, 0.15) is 17.5 Å². The third-order valence-electron chi connectivity index (χ3n) is 5.85. The molecule has 0 atom stereocenters. The standard InChI is InChI=1S/C19H30N8/c1-14-12-16(22-19(20)21-14)27-10-6-15(7-11-27)18-24-23-17(25(18)2)13-26-8-4-3-5-9-26/h12,15H,3-11,13H2,1-2H3,(H2,20,21,22). The van der Waals surface area contributed by atoms with E-state index in [9.17, 15) is 0 Å². The van der Waals surface area contributed by atoms with E-state index in [4.69, 9.17) is 5.73 Å². The first-order chi connectivity index (χ1) is 13.1. The van der Waals surface area contributed by atoms with Gasteiger partial charge in [0.2, 0.25) is 5.95 Å². The first-order valence-corrected chi connectivity index (χ1v) is 10.1. The monoisotopic (exact) mass is 370 g/mol. The number of nitrogens with two attached hydrogens (primary N) is 1. The van der Waals surface area contributed by atoms with E-state index in [2.05, 4.69) is 41.6 Å². The fourth-order valence-electron chi connectivity index (χ4n) is 4.29. The Balaban J connectivity index is 1.39. The van der Waals surface area contributed by atoms with Crippen molar-refractivity contribution in [2.24, 2.45) is 7.05 Å². The Kier molecular flexibility index (Phi) is 5.24. The lowest BCUT2D eigenvalue weighted by Crippen LogP contribution is -2.34. The molecule has 0 bridgehead atoms. The maximum Gasteiger partial charge on any atom is 0.222 e. The summed E-state index contributed by atoms with van der Waals surface area (Å²) in [7, 11) is 2.12. The lowest BCUT2D eigenvalue weighted by Gasteiger charge is -2.32. The van der Waals surface area contributed by atoms with Crippen molar-refractivity contribution >= 4 is 11.8 Å². The van der Waals surface area contributed by atoms with Crippen LogP contribution in [0.3, 0.4) is 0 Å². The second-order valence-corrected chi connectivity index (χ2v) is 7.86. The zero-order valence-electron chi connectivity index (χ0n) is 16.4. The molecule has 146 valence electrons. The molecule has 0 aliphatic carbocycles. The Morgan fingerprint density at radius 2 is 1.78 bits per heavy atom. The molecule has 0 spiro atoms. The Morgan fingerprint density at radius 1 is 1.04 bits per heavy atom. The molecule has 2 aliphatic rings. The van der Waals surface area contributed by atoms with Gasteiger partial charge in [-0.3, -0.25) is 4.90 Å². The summed E-state index contributed by atoms with van der Waals surface area (Å²) < 4.78 is 2.22. The van der Waals surface area contributed by atoms with Crippen molar-refractivity contribution in [3.8, 4) is 0 Å². The fourth-order valence-corrected chi connectivity index (χ4v) is 4.29. The number of nitrogen functional groups attached to an aromatic ring is 1. The van der Waals surface area contributed by atoms with Crippen molar-refractivity contribution < 1.29 is 0 Å². The number of hydrogen-bond donors (Lipinski definition) is 1. The molecule has 4 rings (SSSR count). The van der Waals surface area contributed by atoms with Crippen LogP contribution in [0.15, 0.2) is 6.07 Å². The third kappa shape index (κ3) is 4.05. The largest absolute Gasteiger partial charge is 0.368 e. The molecule has 0 saturated carbocycles. The van der Waals surface area contributed by atoms with Crippen molar-refractivity contribution in [2.45, 2.75) is 51.5 Å². The van der Waals surface area contributed by atoms with E-state index in [0.717, 1.165) is 55.6 Å². The van der Waals surface area contributed by atoms with Gasteiger partial charge in [0.15, 0.2) is 0 Å². The number of likely N-dealkylation sites (tertiary alicyclic amines) is 1. The van der Waals surface area contributed by atoms with Crippen LogP contribution in [0.2, 0.25) is 0 Å². The topological polar surface area (TPSA) is 89.0 Å². The predicted molar refractivity (Wildman–Crippen MR) is 106 cm³/mol. The van der Waals surface area contributed by atoms with Crippen LogP contribution in [0, 0.1) is 6.92 Å². The average Bonchev–Trinajstić information content (AvgIpc) is 3.02. The summed E-state index contributed by atoms with van der Waals surface area (Å²) >= 11 is 0. The van der Waals surface area contributed by atoms with Gasteiger partial charge in [0.05, 0.1) is 6.54 Å². The zero-order valence-corrected chi connectivity index (χ0v) is 16.4. The third-order valence-corrected chi connectivity index (χ3v) is 5.85. The van der Waals surface area contributed by atoms with Gasteiger partial charge in [-0.05, 0) is 45.7 Å². The molecule has 8 heteroatoms. The minimum Gasteiger partial charge on any atom is -0.368 e. The number of anilines is 2. The molecule has 0 aromatic carbocycles. The summed E-state index contributed by atoms with van der Waals surface area (Å²) in [4.78, 5) is 13.4. The Bertz CT molecular complexity index is 752. The van der Waals surface area contributed by atoms with Crippen molar-refractivity contribution in [3.05, 3.63) is 23.4 Å². The Hall–Kier alpha value is -2.22. The van der Waals surface area contributed by atoms with Crippen molar-refractivity contribution in [3.63, 3.8) is 0 Å². The number of aryl methyl sites for hydroxylation is 1. The van der Waals surface area contributed by atoms with Crippen LogP contribution in [-0.2, 0) is 13.6 Å². The van der Waals surface area contributed by atoms with E-state index in [1.165, 1.54) is 32.4 Å². The first-order valence-electron chi connectivity index (χ1n) is 10.1. The number of piperidine rings is 2. The molecule has 0 amide bonds. The predicted octanol–water partition coefficient (Wildman–Crippen LogP) is 1.87. The van der Waals surface area contributed by atoms with E-state index in [1.54, 1.807) is 0 Å². The van der Waals surface area contributed by atoms with E-state index in [1.807, 2.05) is 13.0 Å². The quantitative estimate of drug-likeness (QED) is 0.879. The molecular formula is C19H30N8. The highest BCUT2D eigenvalue weighted by atomic mass is 15.3. The normalized spacial score (nSPS) is 19.6. The first kappa shape index (κ1) is 18.2. The lowest BCUT2D eigenvalue weighted by atomic mass is 9.96. The number of nitrogens with zero attached hydrogens (tertiary/aromatic N) is 7. The second-order valence-electron chi connectivity index (χ2n) is 7.86. The summed E-state index contributed by atoms with van der Waals surface area (Å²) in [6.07, 6.45) is 6.07. The molecular weight excluding hydrogens is 340 g/mol. The molecule has 8 nitrogen and oxygen atoms in total. The second kappa shape index (κ2) is 7.80. The summed E-state index contributed by atoms with van der Waals surface area (Å²) in [6, 6.07) is 2.01. The molecule has 2 aromatic rings. The molecule has 2 aliphatic heterocycles. The van der Waals surface area contributed by atoms with E-state index in [0.29, 0.717) is 11.9 Å². The van der Waals surface area contributed by atoms with E-state index >= 15 is 0 Å². The van der Waals surface area contributed by atoms with Crippen LogP contribution in [0.25, 0.3) is 0 Å². The molecule has 0 radical (unpaired) electrons. The van der Waals surface area contributed by atoms with Crippen molar-refractivity contribution in [1.29, 1.82) is 0 Å². The van der Waals surface area contributed by atoms with Gasteiger partial charge in [-0.25, -0.2) is 4.98 Å². The van der Waals surface area contributed by atoms with Crippen LogP contribution in [-0.4, -0.2) is 55.8 Å². The number of aromatic nitrogens is 5. The van der Waals surface area contributed by atoms with Crippen LogP contribution >= 0.6 is 0 Å². The molecule has 4 heterocycles. The molecule has 0 unspecified atom stereocenters. The number of hydrogen-bond acceptors (Lipinski definition) is 7. The highest BCUT2D eigenvalue weighted by molar-refractivity contribution is 5.43. The minimum absolute atomic E-state index is 0.350. The summed E-state index contributed by atoms with van der Waals surface area (Å²) in [5.74, 6) is 3.95. The summed E-state index contributed by atoms with van der Waals surface area (Å²) in [6.45, 7) is 7.15. The van der Waals surface area contributed by atoms with Gasteiger partial charge in [-0.1, -0.05) is 6.42 Å². The maximum atomic E-state index is 5.81. The van der Waals surface area contributed by atoms with Gasteiger partial charge in [-0.15, -0.1) is 10.2 Å². The molecule has 2 saturated heterocycles. The van der Waals surface area contributed by atoms with E-state index in [-0.39, 0.29) is 0 Å². The van der Waals surface area contributed by atoms with Crippen LogP contribution in [0.1, 0.15) is 55.4 Å². The van der Waals surface area contributed by atoms with Crippen molar-refractivity contribution in [2.75, 3.05) is 36.8 Å². The molecule has 27 heavy (non-hydrogen) atoms. The van der Waals surface area contributed by atoms with E-state index < -0.39 is 0 Å². The SMILES string of the molecule is Cc1cc(N2CCC(c3nnc(CN4CCCCC4)n3C)CC2)nc(N)n1.